The van der Waals surface area contributed by atoms with E-state index in [2.05, 4.69) is 5.10 Å². The maximum Gasteiger partial charge on any atom is 0.183 e. The molecule has 0 aliphatic carbocycles. The smallest absolute Gasteiger partial charge is 0.183 e. The fraction of sp³-hybridized carbons (Fsp3) is 0.556. The molecule has 0 saturated heterocycles. The standard InChI is InChI=1S/C9H15N3O/c1-7(6-10)5-9(13)8-3-4-12(2)11-8/h3-4,7H,5-6,10H2,1-2H3. The van der Waals surface area contributed by atoms with Crippen LogP contribution in [0.2, 0.25) is 0 Å². The van der Waals surface area contributed by atoms with Gasteiger partial charge in [0.2, 0.25) is 0 Å². The van der Waals surface area contributed by atoms with Gasteiger partial charge in [0, 0.05) is 19.7 Å². The van der Waals surface area contributed by atoms with Crippen molar-refractivity contribution in [1.82, 2.24) is 9.78 Å². The summed E-state index contributed by atoms with van der Waals surface area (Å²) in [6, 6.07) is 1.73. The van der Waals surface area contributed by atoms with Crippen molar-refractivity contribution in [2.24, 2.45) is 18.7 Å². The maximum absolute atomic E-state index is 11.5. The summed E-state index contributed by atoms with van der Waals surface area (Å²) < 4.78 is 1.63. The van der Waals surface area contributed by atoms with Crippen LogP contribution in [0.4, 0.5) is 0 Å². The Hall–Kier alpha value is -1.16. The molecular formula is C9H15N3O. The summed E-state index contributed by atoms with van der Waals surface area (Å²) in [7, 11) is 1.79. The Balaban J connectivity index is 2.58. The number of hydrogen-bond acceptors (Lipinski definition) is 3. The third-order valence-corrected chi connectivity index (χ3v) is 1.94. The normalized spacial score (nSPS) is 12.8. The van der Waals surface area contributed by atoms with E-state index in [1.165, 1.54) is 0 Å². The fourth-order valence-electron chi connectivity index (χ4n) is 1.07. The SMILES string of the molecule is CC(CN)CC(=O)c1ccn(C)n1. The van der Waals surface area contributed by atoms with Crippen LogP contribution in [0.25, 0.3) is 0 Å². The summed E-state index contributed by atoms with van der Waals surface area (Å²) in [5.74, 6) is 0.299. The third kappa shape index (κ3) is 2.66. The summed E-state index contributed by atoms with van der Waals surface area (Å²) in [4.78, 5) is 11.5. The Morgan fingerprint density at radius 1 is 1.77 bits per heavy atom. The predicted molar refractivity (Wildman–Crippen MR) is 50.4 cm³/mol. The van der Waals surface area contributed by atoms with Gasteiger partial charge in [-0.2, -0.15) is 5.10 Å². The molecule has 1 unspecified atom stereocenters. The molecule has 0 aliphatic rings. The second kappa shape index (κ2) is 4.18. The minimum atomic E-state index is 0.0681. The first-order chi connectivity index (χ1) is 6.13. The van der Waals surface area contributed by atoms with Crippen molar-refractivity contribution in [2.75, 3.05) is 6.54 Å². The Labute approximate surface area is 77.7 Å². The van der Waals surface area contributed by atoms with Gasteiger partial charge in [-0.25, -0.2) is 0 Å². The lowest BCUT2D eigenvalue weighted by Gasteiger charge is -2.04. The van der Waals surface area contributed by atoms with Crippen LogP contribution in [-0.4, -0.2) is 22.1 Å². The van der Waals surface area contributed by atoms with E-state index >= 15 is 0 Å². The number of Topliss-reactive ketones (excluding diaryl/α,β-unsaturated/α-hetero) is 1. The van der Waals surface area contributed by atoms with E-state index in [9.17, 15) is 4.79 Å². The molecule has 0 aromatic carbocycles. The lowest BCUT2D eigenvalue weighted by Crippen LogP contribution is -2.15. The largest absolute Gasteiger partial charge is 0.330 e. The van der Waals surface area contributed by atoms with Crippen LogP contribution in [0.15, 0.2) is 12.3 Å². The molecule has 0 amide bonds. The average molecular weight is 181 g/mol. The second-order valence-electron chi connectivity index (χ2n) is 3.34. The van der Waals surface area contributed by atoms with E-state index in [0.29, 0.717) is 18.7 Å². The molecule has 0 saturated carbocycles. The number of ketones is 1. The second-order valence-corrected chi connectivity index (χ2v) is 3.34. The highest BCUT2D eigenvalue weighted by atomic mass is 16.1. The van der Waals surface area contributed by atoms with Gasteiger partial charge in [0.05, 0.1) is 0 Å². The molecule has 1 aromatic heterocycles. The predicted octanol–water partition coefficient (Wildman–Crippen LogP) is 0.588. The van der Waals surface area contributed by atoms with Crippen LogP contribution in [-0.2, 0) is 7.05 Å². The number of carbonyl (C=O) groups excluding carboxylic acids is 1. The number of aryl methyl sites for hydroxylation is 1. The van der Waals surface area contributed by atoms with Crippen LogP contribution in [0.1, 0.15) is 23.8 Å². The minimum absolute atomic E-state index is 0.0681. The first-order valence-electron chi connectivity index (χ1n) is 4.36. The number of nitrogens with zero attached hydrogens (tertiary/aromatic N) is 2. The van der Waals surface area contributed by atoms with E-state index in [0.717, 1.165) is 0 Å². The number of hydrogen-bond donors (Lipinski definition) is 1. The molecule has 13 heavy (non-hydrogen) atoms. The van der Waals surface area contributed by atoms with Gasteiger partial charge in [-0.3, -0.25) is 9.48 Å². The zero-order valence-corrected chi connectivity index (χ0v) is 8.03. The molecule has 0 aliphatic heterocycles. The number of aromatic nitrogens is 2. The molecule has 1 heterocycles. The van der Waals surface area contributed by atoms with Gasteiger partial charge in [-0.1, -0.05) is 6.92 Å². The minimum Gasteiger partial charge on any atom is -0.330 e. The van der Waals surface area contributed by atoms with Gasteiger partial charge in [-0.05, 0) is 18.5 Å². The van der Waals surface area contributed by atoms with E-state index in [-0.39, 0.29) is 11.7 Å². The van der Waals surface area contributed by atoms with Crippen molar-refractivity contribution in [1.29, 1.82) is 0 Å². The molecule has 1 atom stereocenters. The van der Waals surface area contributed by atoms with Crippen LogP contribution >= 0.6 is 0 Å². The Morgan fingerprint density at radius 3 is 2.92 bits per heavy atom. The van der Waals surface area contributed by atoms with Crippen LogP contribution in [0.5, 0.6) is 0 Å². The number of rotatable bonds is 4. The maximum atomic E-state index is 11.5. The first-order valence-corrected chi connectivity index (χ1v) is 4.36. The lowest BCUT2D eigenvalue weighted by atomic mass is 10.0. The Bertz CT molecular complexity index is 293. The molecule has 0 radical (unpaired) electrons. The zero-order valence-electron chi connectivity index (χ0n) is 8.03. The Kier molecular flexibility index (Phi) is 3.19. The number of nitrogens with two attached hydrogens (primary N) is 1. The lowest BCUT2D eigenvalue weighted by molar-refractivity contribution is 0.0960. The van der Waals surface area contributed by atoms with Crippen molar-refractivity contribution in [2.45, 2.75) is 13.3 Å². The van der Waals surface area contributed by atoms with Gasteiger partial charge in [0.15, 0.2) is 5.78 Å². The quantitative estimate of drug-likeness (QED) is 0.691. The van der Waals surface area contributed by atoms with Gasteiger partial charge in [0.1, 0.15) is 5.69 Å². The fourth-order valence-corrected chi connectivity index (χ4v) is 1.07. The van der Waals surface area contributed by atoms with E-state index in [4.69, 9.17) is 5.73 Å². The zero-order chi connectivity index (χ0) is 9.84. The van der Waals surface area contributed by atoms with Crippen LogP contribution in [0.3, 0.4) is 0 Å². The molecular weight excluding hydrogens is 166 g/mol. The van der Waals surface area contributed by atoms with Crippen molar-refractivity contribution in [3.05, 3.63) is 18.0 Å². The highest BCUT2D eigenvalue weighted by molar-refractivity contribution is 5.94. The molecule has 72 valence electrons. The first kappa shape index (κ1) is 9.92. The Morgan fingerprint density at radius 2 is 2.46 bits per heavy atom. The molecule has 4 nitrogen and oxygen atoms in total. The number of carbonyl (C=O) groups is 1. The third-order valence-electron chi connectivity index (χ3n) is 1.94. The van der Waals surface area contributed by atoms with Crippen LogP contribution < -0.4 is 5.73 Å². The topological polar surface area (TPSA) is 60.9 Å². The molecule has 2 N–H and O–H groups in total. The van der Waals surface area contributed by atoms with Crippen molar-refractivity contribution >= 4 is 5.78 Å². The summed E-state index contributed by atoms with van der Waals surface area (Å²) >= 11 is 0. The highest BCUT2D eigenvalue weighted by Crippen LogP contribution is 2.06. The van der Waals surface area contributed by atoms with Crippen molar-refractivity contribution in [3.8, 4) is 0 Å². The summed E-state index contributed by atoms with van der Waals surface area (Å²) in [5, 5.41) is 4.02. The van der Waals surface area contributed by atoms with Crippen LogP contribution in [0, 0.1) is 5.92 Å². The molecule has 1 aromatic rings. The van der Waals surface area contributed by atoms with E-state index in [1.54, 1.807) is 24.0 Å². The van der Waals surface area contributed by atoms with E-state index < -0.39 is 0 Å². The van der Waals surface area contributed by atoms with Gasteiger partial charge >= 0.3 is 0 Å². The van der Waals surface area contributed by atoms with Gasteiger partial charge < -0.3 is 5.73 Å². The van der Waals surface area contributed by atoms with Gasteiger partial charge in [-0.15, -0.1) is 0 Å². The molecule has 1 rings (SSSR count). The molecule has 0 fully saturated rings. The van der Waals surface area contributed by atoms with E-state index in [1.807, 2.05) is 6.92 Å². The molecule has 0 spiro atoms. The monoisotopic (exact) mass is 181 g/mol. The molecule has 0 bridgehead atoms. The van der Waals surface area contributed by atoms with Crippen molar-refractivity contribution in [3.63, 3.8) is 0 Å². The summed E-state index contributed by atoms with van der Waals surface area (Å²) in [6.45, 7) is 2.50. The van der Waals surface area contributed by atoms with Gasteiger partial charge in [0.25, 0.3) is 0 Å². The van der Waals surface area contributed by atoms with Crippen molar-refractivity contribution < 1.29 is 4.79 Å². The average Bonchev–Trinajstić information content (AvgIpc) is 2.51. The molecule has 4 heteroatoms. The summed E-state index contributed by atoms with van der Waals surface area (Å²) in [5.41, 5.74) is 5.96. The highest BCUT2D eigenvalue weighted by Gasteiger charge is 2.11. The summed E-state index contributed by atoms with van der Waals surface area (Å²) in [6.07, 6.45) is 2.24.